The Kier molecular flexibility index (Phi) is 4.64. The Morgan fingerprint density at radius 3 is 2.48 bits per heavy atom. The van der Waals surface area contributed by atoms with Crippen LogP contribution in [-0.4, -0.2) is 48.2 Å². The van der Waals surface area contributed by atoms with Gasteiger partial charge in [-0.25, -0.2) is 0 Å². The highest BCUT2D eigenvalue weighted by atomic mass is 16.5. The third-order valence-electron chi connectivity index (χ3n) is 6.48. The zero-order chi connectivity index (χ0) is 15.7. The first-order valence-electron chi connectivity index (χ1n) is 9.94. The van der Waals surface area contributed by atoms with Crippen LogP contribution in [0, 0.1) is 5.92 Å². The van der Waals surface area contributed by atoms with Gasteiger partial charge in [0.15, 0.2) is 0 Å². The quantitative estimate of drug-likeness (QED) is 0.866. The van der Waals surface area contributed by atoms with Crippen molar-refractivity contribution in [3.63, 3.8) is 0 Å². The summed E-state index contributed by atoms with van der Waals surface area (Å²) in [5.74, 6) is 0.934. The molecular weight excluding hydrogens is 288 g/mol. The SMILES string of the molecule is O=C(N[C@H]1CCOC2(CCCCC2)C1)[C@H](C1CC1)N1CCCC1. The summed E-state index contributed by atoms with van der Waals surface area (Å²) in [5, 5.41) is 3.43. The van der Waals surface area contributed by atoms with Crippen molar-refractivity contribution in [2.24, 2.45) is 5.92 Å². The van der Waals surface area contributed by atoms with Gasteiger partial charge in [-0.05, 0) is 70.4 Å². The van der Waals surface area contributed by atoms with Crippen LogP contribution in [0.1, 0.15) is 70.6 Å². The highest BCUT2D eigenvalue weighted by Crippen LogP contribution is 2.39. The van der Waals surface area contributed by atoms with Crippen molar-refractivity contribution in [1.82, 2.24) is 10.2 Å². The molecule has 0 unspecified atom stereocenters. The van der Waals surface area contributed by atoms with Crippen LogP contribution < -0.4 is 5.32 Å². The smallest absolute Gasteiger partial charge is 0.237 e. The Hall–Kier alpha value is -0.610. The maximum Gasteiger partial charge on any atom is 0.237 e. The van der Waals surface area contributed by atoms with E-state index in [9.17, 15) is 4.79 Å². The molecular formula is C19H32N2O2. The van der Waals surface area contributed by atoms with Crippen LogP contribution in [0.5, 0.6) is 0 Å². The lowest BCUT2D eigenvalue weighted by atomic mass is 9.78. The van der Waals surface area contributed by atoms with Gasteiger partial charge in [0, 0.05) is 12.6 Å². The summed E-state index contributed by atoms with van der Waals surface area (Å²) in [5.41, 5.74) is 0.0805. The number of carbonyl (C=O) groups is 1. The molecule has 4 aliphatic rings. The number of nitrogens with zero attached hydrogens (tertiary/aromatic N) is 1. The van der Waals surface area contributed by atoms with Gasteiger partial charge in [-0.15, -0.1) is 0 Å². The second-order valence-corrected chi connectivity index (χ2v) is 8.32. The summed E-state index contributed by atoms with van der Waals surface area (Å²) < 4.78 is 6.18. The lowest BCUT2D eigenvalue weighted by molar-refractivity contribution is -0.133. The summed E-state index contributed by atoms with van der Waals surface area (Å²) in [7, 11) is 0. The molecule has 23 heavy (non-hydrogen) atoms. The van der Waals surface area contributed by atoms with Crippen LogP contribution in [-0.2, 0) is 9.53 Å². The predicted molar refractivity (Wildman–Crippen MR) is 90.3 cm³/mol. The lowest BCUT2D eigenvalue weighted by Gasteiger charge is -2.44. The summed E-state index contributed by atoms with van der Waals surface area (Å²) >= 11 is 0. The number of likely N-dealkylation sites (tertiary alicyclic amines) is 1. The van der Waals surface area contributed by atoms with E-state index in [4.69, 9.17) is 4.74 Å². The van der Waals surface area contributed by atoms with Crippen molar-refractivity contribution in [3.8, 4) is 0 Å². The molecule has 1 N–H and O–H groups in total. The number of rotatable bonds is 4. The predicted octanol–water partition coefficient (Wildman–Crippen LogP) is 2.86. The fourth-order valence-electron chi connectivity index (χ4n) is 5.09. The first kappa shape index (κ1) is 15.9. The average molecular weight is 320 g/mol. The van der Waals surface area contributed by atoms with E-state index in [2.05, 4.69) is 10.2 Å². The molecule has 0 radical (unpaired) electrons. The molecule has 2 aliphatic heterocycles. The van der Waals surface area contributed by atoms with Gasteiger partial charge in [0.2, 0.25) is 5.91 Å². The Bertz CT molecular complexity index is 418. The van der Waals surface area contributed by atoms with Crippen molar-refractivity contribution >= 4 is 5.91 Å². The number of carbonyl (C=O) groups excluding carboxylic acids is 1. The average Bonchev–Trinajstić information content (AvgIpc) is 3.22. The summed E-state index contributed by atoms with van der Waals surface area (Å²) in [6.07, 6.45) is 13.3. The van der Waals surface area contributed by atoms with Crippen LogP contribution >= 0.6 is 0 Å². The molecule has 2 saturated heterocycles. The van der Waals surface area contributed by atoms with E-state index >= 15 is 0 Å². The first-order valence-corrected chi connectivity index (χ1v) is 9.94. The molecule has 2 aliphatic carbocycles. The first-order chi connectivity index (χ1) is 11.3. The van der Waals surface area contributed by atoms with Crippen molar-refractivity contribution < 1.29 is 9.53 Å². The second kappa shape index (κ2) is 6.72. The molecule has 0 aromatic carbocycles. The van der Waals surface area contributed by atoms with Gasteiger partial charge < -0.3 is 10.1 Å². The Balaban J connectivity index is 1.37. The van der Waals surface area contributed by atoms with Gasteiger partial charge in [-0.2, -0.15) is 0 Å². The molecule has 4 fully saturated rings. The maximum atomic E-state index is 13.0. The van der Waals surface area contributed by atoms with Gasteiger partial charge in [-0.1, -0.05) is 19.3 Å². The molecule has 2 heterocycles. The molecule has 0 bridgehead atoms. The minimum Gasteiger partial charge on any atom is -0.375 e. The molecule has 130 valence electrons. The van der Waals surface area contributed by atoms with E-state index in [1.165, 1.54) is 57.8 Å². The zero-order valence-electron chi connectivity index (χ0n) is 14.4. The van der Waals surface area contributed by atoms with Gasteiger partial charge in [0.1, 0.15) is 0 Å². The van der Waals surface area contributed by atoms with Crippen molar-refractivity contribution in [3.05, 3.63) is 0 Å². The highest BCUT2D eigenvalue weighted by Gasteiger charge is 2.43. The second-order valence-electron chi connectivity index (χ2n) is 8.32. The zero-order valence-corrected chi connectivity index (χ0v) is 14.4. The molecule has 0 aromatic heterocycles. The van der Waals surface area contributed by atoms with Gasteiger partial charge in [0.25, 0.3) is 0 Å². The lowest BCUT2D eigenvalue weighted by Crippen LogP contribution is -2.54. The minimum absolute atomic E-state index is 0.0805. The van der Waals surface area contributed by atoms with Crippen LogP contribution in [0.3, 0.4) is 0 Å². The molecule has 1 spiro atoms. The third-order valence-corrected chi connectivity index (χ3v) is 6.48. The molecule has 0 aromatic rings. The van der Waals surface area contributed by atoms with Crippen LogP contribution in [0.15, 0.2) is 0 Å². The monoisotopic (exact) mass is 320 g/mol. The van der Waals surface area contributed by atoms with Gasteiger partial charge >= 0.3 is 0 Å². The van der Waals surface area contributed by atoms with Crippen molar-refractivity contribution in [1.29, 1.82) is 0 Å². The standard InChI is InChI=1S/C19H32N2O2/c22-18(17(15-6-7-15)21-11-4-5-12-21)20-16-8-13-23-19(14-16)9-2-1-3-10-19/h15-17H,1-14H2,(H,20,22)/t16-,17-/m0/s1. The van der Waals surface area contributed by atoms with E-state index < -0.39 is 0 Å². The van der Waals surface area contributed by atoms with E-state index in [0.29, 0.717) is 17.9 Å². The number of nitrogens with one attached hydrogen (secondary N) is 1. The fraction of sp³-hybridized carbons (Fsp3) is 0.947. The largest absolute Gasteiger partial charge is 0.375 e. The topological polar surface area (TPSA) is 41.6 Å². The highest BCUT2D eigenvalue weighted by molar-refractivity contribution is 5.82. The molecule has 4 nitrogen and oxygen atoms in total. The number of ether oxygens (including phenoxy) is 1. The summed E-state index contributed by atoms with van der Waals surface area (Å²) in [6.45, 7) is 3.06. The van der Waals surface area contributed by atoms with E-state index in [-0.39, 0.29) is 11.6 Å². The Morgan fingerprint density at radius 2 is 1.78 bits per heavy atom. The number of amides is 1. The Morgan fingerprint density at radius 1 is 1.04 bits per heavy atom. The van der Waals surface area contributed by atoms with Crippen LogP contribution in [0.2, 0.25) is 0 Å². The molecule has 4 rings (SSSR count). The van der Waals surface area contributed by atoms with Crippen molar-refractivity contribution in [2.45, 2.75) is 88.3 Å². The van der Waals surface area contributed by atoms with Gasteiger partial charge in [0.05, 0.1) is 11.6 Å². The van der Waals surface area contributed by atoms with E-state index in [1.807, 2.05) is 0 Å². The molecule has 2 saturated carbocycles. The fourth-order valence-corrected chi connectivity index (χ4v) is 5.09. The maximum absolute atomic E-state index is 13.0. The van der Waals surface area contributed by atoms with E-state index in [0.717, 1.165) is 32.5 Å². The third kappa shape index (κ3) is 3.58. The molecule has 1 amide bonds. The summed E-state index contributed by atoms with van der Waals surface area (Å²) in [6, 6.07) is 0.487. The molecule has 4 heteroatoms. The van der Waals surface area contributed by atoms with Gasteiger partial charge in [-0.3, -0.25) is 9.69 Å². The number of hydrogen-bond donors (Lipinski definition) is 1. The minimum atomic E-state index is 0.0805. The van der Waals surface area contributed by atoms with E-state index in [1.54, 1.807) is 0 Å². The van der Waals surface area contributed by atoms with Crippen molar-refractivity contribution in [2.75, 3.05) is 19.7 Å². The number of hydrogen-bond acceptors (Lipinski definition) is 3. The normalized spacial score (nSPS) is 32.8. The summed E-state index contributed by atoms with van der Waals surface area (Å²) in [4.78, 5) is 15.4. The Labute approximate surface area is 140 Å². The molecule has 2 atom stereocenters. The van der Waals surface area contributed by atoms with Crippen LogP contribution in [0.25, 0.3) is 0 Å². The van der Waals surface area contributed by atoms with Crippen LogP contribution in [0.4, 0.5) is 0 Å².